The monoisotopic (exact) mass is 186 g/mol. The smallest absolute Gasteiger partial charge is 0.334 e. The summed E-state index contributed by atoms with van der Waals surface area (Å²) in [6.45, 7) is 8.30. The van der Waals surface area contributed by atoms with Gasteiger partial charge >= 0.3 is 5.97 Å². The number of esters is 1. The first-order valence-corrected chi connectivity index (χ1v) is 4.49. The van der Waals surface area contributed by atoms with E-state index in [1.807, 2.05) is 19.9 Å². The van der Waals surface area contributed by atoms with E-state index in [0.717, 1.165) is 0 Å². The Hall–Kier alpha value is -0.830. The van der Waals surface area contributed by atoms with Crippen molar-refractivity contribution < 1.29 is 14.3 Å². The van der Waals surface area contributed by atoms with Crippen molar-refractivity contribution in [1.29, 1.82) is 0 Å². The predicted molar refractivity (Wildman–Crippen MR) is 51.5 cm³/mol. The number of carbonyl (C=O) groups excluding carboxylic acids is 1. The molecular formula is C10H18O3. The molecular weight excluding hydrogens is 168 g/mol. The SMILES string of the molecule is CCOC(=O)[C@H](C)OCC=C(C)C. The molecule has 0 bridgehead atoms. The third-order valence-corrected chi connectivity index (χ3v) is 1.46. The van der Waals surface area contributed by atoms with E-state index in [1.165, 1.54) is 5.57 Å². The Kier molecular flexibility index (Phi) is 6.24. The third-order valence-electron chi connectivity index (χ3n) is 1.46. The Bertz CT molecular complexity index is 181. The zero-order chi connectivity index (χ0) is 10.3. The number of ether oxygens (including phenoxy) is 2. The maximum Gasteiger partial charge on any atom is 0.334 e. The van der Waals surface area contributed by atoms with E-state index in [1.54, 1.807) is 13.8 Å². The molecule has 3 heteroatoms. The third kappa shape index (κ3) is 6.34. The lowest BCUT2D eigenvalue weighted by molar-refractivity contribution is -0.154. The van der Waals surface area contributed by atoms with Crippen molar-refractivity contribution in [3.05, 3.63) is 11.6 Å². The van der Waals surface area contributed by atoms with Gasteiger partial charge in [0.1, 0.15) is 0 Å². The Labute approximate surface area is 79.7 Å². The molecule has 0 saturated heterocycles. The van der Waals surface area contributed by atoms with Gasteiger partial charge in [0.05, 0.1) is 13.2 Å². The van der Waals surface area contributed by atoms with Gasteiger partial charge in [0, 0.05) is 0 Å². The predicted octanol–water partition coefficient (Wildman–Crippen LogP) is 1.92. The van der Waals surface area contributed by atoms with Gasteiger partial charge in [-0.3, -0.25) is 0 Å². The Morgan fingerprint density at radius 3 is 2.54 bits per heavy atom. The lowest BCUT2D eigenvalue weighted by atomic mass is 10.3. The average molecular weight is 186 g/mol. The van der Waals surface area contributed by atoms with E-state index in [-0.39, 0.29) is 5.97 Å². The average Bonchev–Trinajstić information content (AvgIpc) is 2.04. The molecule has 0 aromatic heterocycles. The van der Waals surface area contributed by atoms with Crippen molar-refractivity contribution >= 4 is 5.97 Å². The first-order chi connectivity index (χ1) is 6.07. The van der Waals surface area contributed by atoms with Crippen LogP contribution in [-0.2, 0) is 14.3 Å². The number of rotatable bonds is 5. The van der Waals surface area contributed by atoms with Crippen molar-refractivity contribution in [3.8, 4) is 0 Å². The van der Waals surface area contributed by atoms with Gasteiger partial charge in [0.15, 0.2) is 6.10 Å². The molecule has 0 aromatic rings. The molecule has 0 rings (SSSR count). The molecule has 0 aromatic carbocycles. The first kappa shape index (κ1) is 12.2. The molecule has 0 saturated carbocycles. The summed E-state index contributed by atoms with van der Waals surface area (Å²) in [5.74, 6) is -0.301. The van der Waals surface area contributed by atoms with Gasteiger partial charge in [-0.15, -0.1) is 0 Å². The second kappa shape index (κ2) is 6.66. The van der Waals surface area contributed by atoms with Crippen molar-refractivity contribution in [2.45, 2.75) is 33.8 Å². The number of hydrogen-bond acceptors (Lipinski definition) is 3. The highest BCUT2D eigenvalue weighted by molar-refractivity contribution is 5.74. The lowest BCUT2D eigenvalue weighted by Gasteiger charge is -2.09. The van der Waals surface area contributed by atoms with Crippen molar-refractivity contribution in [3.63, 3.8) is 0 Å². The van der Waals surface area contributed by atoms with Gasteiger partial charge in [0.25, 0.3) is 0 Å². The van der Waals surface area contributed by atoms with Crippen molar-refractivity contribution in [2.24, 2.45) is 0 Å². The Morgan fingerprint density at radius 1 is 1.46 bits per heavy atom. The van der Waals surface area contributed by atoms with Crippen molar-refractivity contribution in [1.82, 2.24) is 0 Å². The minimum atomic E-state index is -0.476. The van der Waals surface area contributed by atoms with Gasteiger partial charge in [0.2, 0.25) is 0 Å². The molecule has 0 amide bonds. The van der Waals surface area contributed by atoms with Gasteiger partial charge in [-0.05, 0) is 27.7 Å². The van der Waals surface area contributed by atoms with E-state index in [4.69, 9.17) is 9.47 Å². The van der Waals surface area contributed by atoms with Crippen molar-refractivity contribution in [2.75, 3.05) is 13.2 Å². The van der Waals surface area contributed by atoms with Gasteiger partial charge in [-0.1, -0.05) is 11.6 Å². The lowest BCUT2D eigenvalue weighted by Crippen LogP contribution is -2.23. The highest BCUT2D eigenvalue weighted by atomic mass is 16.6. The van der Waals surface area contributed by atoms with Gasteiger partial charge in [-0.25, -0.2) is 4.79 Å². The van der Waals surface area contributed by atoms with Crippen LogP contribution in [0.15, 0.2) is 11.6 Å². The quantitative estimate of drug-likeness (QED) is 0.486. The molecule has 0 aliphatic heterocycles. The summed E-state index contributed by atoms with van der Waals surface area (Å²) in [5.41, 5.74) is 1.18. The second-order valence-electron chi connectivity index (χ2n) is 3.01. The standard InChI is InChI=1S/C10H18O3/c1-5-12-10(11)9(4)13-7-6-8(2)3/h6,9H,5,7H2,1-4H3/t9-/m0/s1. The summed E-state index contributed by atoms with van der Waals surface area (Å²) in [6, 6.07) is 0. The minimum absolute atomic E-state index is 0.301. The molecule has 0 fully saturated rings. The van der Waals surface area contributed by atoms with Crippen LogP contribution in [0.25, 0.3) is 0 Å². The molecule has 0 heterocycles. The van der Waals surface area contributed by atoms with Gasteiger partial charge < -0.3 is 9.47 Å². The Balaban J connectivity index is 3.67. The van der Waals surface area contributed by atoms with Crippen LogP contribution >= 0.6 is 0 Å². The molecule has 1 atom stereocenters. The molecule has 0 aliphatic rings. The summed E-state index contributed by atoms with van der Waals surface area (Å²) in [4.78, 5) is 11.1. The zero-order valence-electron chi connectivity index (χ0n) is 8.79. The summed E-state index contributed by atoms with van der Waals surface area (Å²) in [7, 11) is 0. The van der Waals surface area contributed by atoms with E-state index in [2.05, 4.69) is 0 Å². The highest BCUT2D eigenvalue weighted by Gasteiger charge is 2.12. The maximum atomic E-state index is 11.1. The molecule has 0 radical (unpaired) electrons. The summed E-state index contributed by atoms with van der Waals surface area (Å²) >= 11 is 0. The fourth-order valence-electron chi connectivity index (χ4n) is 0.687. The summed E-state index contributed by atoms with van der Waals surface area (Å²) in [5, 5.41) is 0. The van der Waals surface area contributed by atoms with Crippen LogP contribution in [0.5, 0.6) is 0 Å². The summed E-state index contributed by atoms with van der Waals surface area (Å²) < 4.78 is 9.99. The van der Waals surface area contributed by atoms with Crippen LogP contribution in [-0.4, -0.2) is 25.3 Å². The molecule has 0 aliphatic carbocycles. The molecule has 3 nitrogen and oxygen atoms in total. The normalized spacial score (nSPS) is 12.0. The minimum Gasteiger partial charge on any atom is -0.464 e. The van der Waals surface area contributed by atoms with Crippen LogP contribution in [0.1, 0.15) is 27.7 Å². The van der Waals surface area contributed by atoms with E-state index in [0.29, 0.717) is 13.2 Å². The Morgan fingerprint density at radius 2 is 2.08 bits per heavy atom. The second-order valence-corrected chi connectivity index (χ2v) is 3.01. The van der Waals surface area contributed by atoms with Crippen LogP contribution in [0.3, 0.4) is 0 Å². The number of carbonyl (C=O) groups is 1. The first-order valence-electron chi connectivity index (χ1n) is 4.49. The van der Waals surface area contributed by atoms with Crippen LogP contribution in [0, 0.1) is 0 Å². The molecule has 76 valence electrons. The number of hydrogen-bond donors (Lipinski definition) is 0. The largest absolute Gasteiger partial charge is 0.464 e. The van der Waals surface area contributed by atoms with E-state index in [9.17, 15) is 4.79 Å². The van der Waals surface area contributed by atoms with Crippen LogP contribution in [0.4, 0.5) is 0 Å². The van der Waals surface area contributed by atoms with E-state index >= 15 is 0 Å². The fourth-order valence-corrected chi connectivity index (χ4v) is 0.687. The molecule has 0 unspecified atom stereocenters. The van der Waals surface area contributed by atoms with E-state index < -0.39 is 6.10 Å². The molecule has 13 heavy (non-hydrogen) atoms. The molecule has 0 spiro atoms. The topological polar surface area (TPSA) is 35.5 Å². The zero-order valence-corrected chi connectivity index (χ0v) is 8.79. The fraction of sp³-hybridized carbons (Fsp3) is 0.700. The van der Waals surface area contributed by atoms with Crippen LogP contribution < -0.4 is 0 Å². The number of allylic oxidation sites excluding steroid dienone is 1. The maximum absolute atomic E-state index is 11.1. The van der Waals surface area contributed by atoms with Gasteiger partial charge in [-0.2, -0.15) is 0 Å². The summed E-state index contributed by atoms with van der Waals surface area (Å²) in [6.07, 6.45) is 1.45. The van der Waals surface area contributed by atoms with Crippen LogP contribution in [0.2, 0.25) is 0 Å². The highest BCUT2D eigenvalue weighted by Crippen LogP contribution is 1.96. The molecule has 0 N–H and O–H groups in total.